The second kappa shape index (κ2) is 11.4. The highest BCUT2D eigenvalue weighted by Crippen LogP contribution is 2.44. The summed E-state index contributed by atoms with van der Waals surface area (Å²) in [5.74, 6) is -1.16. The highest BCUT2D eigenvalue weighted by molar-refractivity contribution is 9.10. The van der Waals surface area contributed by atoms with Gasteiger partial charge >= 0.3 is 6.18 Å². The highest BCUT2D eigenvalue weighted by Gasteiger charge is 2.35. The first-order valence-electron chi connectivity index (χ1n) is 12.2. The van der Waals surface area contributed by atoms with Gasteiger partial charge in [0.25, 0.3) is 11.8 Å². The number of thiophene rings is 1. The number of primary amides is 1. The molecule has 2 amide bonds. The second-order valence-corrected chi connectivity index (χ2v) is 11.3. The maximum Gasteiger partial charge on any atom is 0.433 e. The average molecular weight is 683 g/mol. The lowest BCUT2D eigenvalue weighted by molar-refractivity contribution is -0.140. The summed E-state index contributed by atoms with van der Waals surface area (Å²) in [5.41, 5.74) is 5.25. The van der Waals surface area contributed by atoms with Crippen LogP contribution in [0.2, 0.25) is 5.02 Å². The van der Waals surface area contributed by atoms with Crippen LogP contribution in [0, 0.1) is 6.92 Å². The minimum absolute atomic E-state index is 0.0441. The van der Waals surface area contributed by atoms with E-state index < -0.39 is 23.7 Å². The van der Waals surface area contributed by atoms with E-state index in [0.717, 1.165) is 10.5 Å². The molecule has 0 saturated carbocycles. The van der Waals surface area contributed by atoms with Crippen molar-refractivity contribution >= 4 is 66.6 Å². The van der Waals surface area contributed by atoms with Gasteiger partial charge in [-0.05, 0) is 55.8 Å². The number of anilines is 1. The molecule has 0 aliphatic rings. The fraction of sp³-hybridized carbons (Fsp3) is 0.185. The van der Waals surface area contributed by atoms with Gasteiger partial charge in [-0.25, -0.2) is 4.98 Å². The van der Waals surface area contributed by atoms with Crippen LogP contribution in [0.1, 0.15) is 44.3 Å². The summed E-state index contributed by atoms with van der Waals surface area (Å²) in [6.07, 6.45) is -3.18. The first-order chi connectivity index (χ1) is 19.8. The Morgan fingerprint density at radius 1 is 1.21 bits per heavy atom. The fourth-order valence-corrected chi connectivity index (χ4v) is 5.92. The number of hydrogen-bond donors (Lipinski definition) is 2. The molecule has 4 heterocycles. The molecular formula is C27H20BrClF3N5O4S. The molecule has 0 radical (unpaired) electrons. The van der Waals surface area contributed by atoms with Gasteiger partial charge in [0.15, 0.2) is 5.76 Å². The smallest absolute Gasteiger partial charge is 0.433 e. The van der Waals surface area contributed by atoms with E-state index in [0.29, 0.717) is 45.7 Å². The van der Waals surface area contributed by atoms with E-state index >= 15 is 0 Å². The largest absolute Gasteiger partial charge is 0.484 e. The summed E-state index contributed by atoms with van der Waals surface area (Å²) < 4.78 is 55.1. The first-order valence-corrected chi connectivity index (χ1v) is 14.2. The molecule has 0 fully saturated rings. The third kappa shape index (κ3) is 5.87. The summed E-state index contributed by atoms with van der Waals surface area (Å²) in [7, 11) is 0. The van der Waals surface area contributed by atoms with Crippen molar-refractivity contribution in [2.75, 3.05) is 5.32 Å². The van der Waals surface area contributed by atoms with E-state index in [1.807, 2.05) is 6.92 Å². The topological polar surface area (TPSA) is 125 Å². The number of fused-ring (bicyclic) bond motifs is 1. The zero-order valence-corrected chi connectivity index (χ0v) is 25.0. The number of nitrogens with one attached hydrogen (secondary N) is 1. The highest BCUT2D eigenvalue weighted by atomic mass is 79.9. The molecule has 0 unspecified atom stereocenters. The zero-order chi connectivity index (χ0) is 30.3. The van der Waals surface area contributed by atoms with Gasteiger partial charge in [-0.2, -0.15) is 18.3 Å². The van der Waals surface area contributed by atoms with Gasteiger partial charge in [-0.1, -0.05) is 27.5 Å². The molecule has 0 bridgehead atoms. The summed E-state index contributed by atoms with van der Waals surface area (Å²) in [6.45, 7) is 3.91. The number of ether oxygens (including phenoxy) is 1. The van der Waals surface area contributed by atoms with Crippen molar-refractivity contribution in [3.8, 4) is 16.9 Å². The molecule has 0 spiro atoms. The third-order valence-corrected chi connectivity index (χ3v) is 8.01. The van der Waals surface area contributed by atoms with E-state index in [2.05, 4.69) is 31.3 Å². The van der Waals surface area contributed by atoms with Crippen LogP contribution in [-0.4, -0.2) is 26.6 Å². The van der Waals surface area contributed by atoms with Crippen LogP contribution in [-0.2, 0) is 19.3 Å². The Labute approximate surface area is 253 Å². The van der Waals surface area contributed by atoms with E-state index in [1.54, 1.807) is 36.0 Å². The van der Waals surface area contributed by atoms with Gasteiger partial charge in [0.1, 0.15) is 33.5 Å². The quantitative estimate of drug-likeness (QED) is 0.175. The summed E-state index contributed by atoms with van der Waals surface area (Å²) in [4.78, 5) is 29.1. The lowest BCUT2D eigenvalue weighted by Gasteiger charge is -2.11. The number of nitrogens with two attached hydrogens (primary N) is 1. The number of pyridine rings is 1. The van der Waals surface area contributed by atoms with Gasteiger partial charge in [0.05, 0.1) is 16.4 Å². The Morgan fingerprint density at radius 2 is 1.98 bits per heavy atom. The lowest BCUT2D eigenvalue weighted by Crippen LogP contribution is -2.16. The maximum absolute atomic E-state index is 13.8. The molecule has 5 rings (SSSR count). The lowest BCUT2D eigenvalue weighted by atomic mass is 10.0. The van der Waals surface area contributed by atoms with Crippen LogP contribution in [0.4, 0.5) is 18.9 Å². The number of nitrogens with zero attached hydrogens (tertiary/aromatic N) is 3. The number of aromatic nitrogens is 3. The molecule has 9 nitrogen and oxygen atoms in total. The van der Waals surface area contributed by atoms with Crippen LogP contribution in [0.3, 0.4) is 0 Å². The van der Waals surface area contributed by atoms with Crippen molar-refractivity contribution in [3.05, 3.63) is 79.9 Å². The van der Waals surface area contributed by atoms with Crippen LogP contribution < -0.4 is 15.8 Å². The molecule has 0 aliphatic carbocycles. The predicted molar refractivity (Wildman–Crippen MR) is 155 cm³/mol. The monoisotopic (exact) mass is 681 g/mol. The minimum Gasteiger partial charge on any atom is -0.484 e. The number of aryl methyl sites for hydroxylation is 2. The predicted octanol–water partition coefficient (Wildman–Crippen LogP) is 7.45. The molecule has 3 N–H and O–H groups in total. The van der Waals surface area contributed by atoms with E-state index in [9.17, 15) is 22.8 Å². The molecule has 5 aromatic rings. The van der Waals surface area contributed by atoms with Crippen molar-refractivity contribution in [2.24, 2.45) is 5.73 Å². The SMILES string of the molecule is CCn1cc(-c2cc(C(F)(F)F)nc3sc(C(N)=O)c(NC(=O)c4ccc(COc5ccc(Br)cc5Cl)o4)c23)c(C)n1. The van der Waals surface area contributed by atoms with Crippen molar-refractivity contribution < 1.29 is 31.9 Å². The van der Waals surface area contributed by atoms with Gasteiger partial charge < -0.3 is 20.2 Å². The zero-order valence-electron chi connectivity index (χ0n) is 21.8. The van der Waals surface area contributed by atoms with Crippen molar-refractivity contribution in [2.45, 2.75) is 33.2 Å². The molecule has 218 valence electrons. The maximum atomic E-state index is 13.8. The Kier molecular flexibility index (Phi) is 8.05. The van der Waals surface area contributed by atoms with Gasteiger partial charge in [0, 0.05) is 28.2 Å². The molecule has 0 aliphatic heterocycles. The van der Waals surface area contributed by atoms with Crippen LogP contribution in [0.5, 0.6) is 5.75 Å². The van der Waals surface area contributed by atoms with Crippen LogP contribution >= 0.6 is 38.9 Å². The Bertz CT molecular complexity index is 1850. The average Bonchev–Trinajstić information content (AvgIpc) is 3.64. The number of rotatable bonds is 8. The van der Waals surface area contributed by atoms with Gasteiger partial charge in [-0.3, -0.25) is 14.3 Å². The molecule has 1 aromatic carbocycles. The molecule has 42 heavy (non-hydrogen) atoms. The Morgan fingerprint density at radius 3 is 2.62 bits per heavy atom. The summed E-state index contributed by atoms with van der Waals surface area (Å²) in [5, 5.41) is 7.43. The molecule has 4 aromatic heterocycles. The van der Waals surface area contributed by atoms with Gasteiger partial charge in [0.2, 0.25) is 0 Å². The fourth-order valence-electron chi connectivity index (χ4n) is 4.19. The van der Waals surface area contributed by atoms with Gasteiger partial charge in [-0.15, -0.1) is 11.3 Å². The van der Waals surface area contributed by atoms with Crippen molar-refractivity contribution in [1.82, 2.24) is 14.8 Å². The van der Waals surface area contributed by atoms with Crippen molar-refractivity contribution in [3.63, 3.8) is 0 Å². The van der Waals surface area contributed by atoms with Crippen LogP contribution in [0.25, 0.3) is 21.3 Å². The number of furan rings is 1. The van der Waals surface area contributed by atoms with E-state index in [1.165, 1.54) is 12.1 Å². The number of amides is 2. The molecule has 0 atom stereocenters. The number of halogens is 5. The van der Waals surface area contributed by atoms with Crippen molar-refractivity contribution in [1.29, 1.82) is 0 Å². The standard InChI is InChI=1S/C27H20BrClF3N5O4S/c1-3-37-10-16(12(2)36-37)15-9-20(27(30,31)32)34-26-21(15)22(23(42-26)24(33)38)35-25(39)19-7-5-14(41-19)11-40-18-6-4-13(28)8-17(18)29/h4-10H,3,11H2,1-2H3,(H2,33,38)(H,35,39). The number of hydrogen-bond acceptors (Lipinski definition) is 7. The van der Waals surface area contributed by atoms with E-state index in [-0.39, 0.29) is 38.7 Å². The summed E-state index contributed by atoms with van der Waals surface area (Å²) >= 11 is 10.1. The number of carbonyl (C=O) groups excluding carboxylic acids is 2. The number of alkyl halides is 3. The Hall–Kier alpha value is -3.88. The molecule has 15 heteroatoms. The minimum atomic E-state index is -4.77. The molecule has 0 saturated heterocycles. The molecular weight excluding hydrogens is 663 g/mol. The second-order valence-electron chi connectivity index (χ2n) is 8.97. The first kappa shape index (κ1) is 29.6. The number of carbonyl (C=O) groups is 2. The third-order valence-electron chi connectivity index (χ3n) is 6.12. The normalized spacial score (nSPS) is 11.7. The summed E-state index contributed by atoms with van der Waals surface area (Å²) in [6, 6.07) is 8.86. The van der Waals surface area contributed by atoms with E-state index in [4.69, 9.17) is 26.5 Å². The Balaban J connectivity index is 1.53. The number of benzene rings is 1. The van der Waals surface area contributed by atoms with Crippen LogP contribution in [0.15, 0.2) is 51.5 Å².